The highest BCUT2D eigenvalue weighted by Crippen LogP contribution is 2.17. The number of hydrogen-bond acceptors (Lipinski definition) is 2. The van der Waals surface area contributed by atoms with Crippen molar-refractivity contribution < 1.29 is 19.8 Å². The largest absolute Gasteiger partial charge is 0.481 e. The van der Waals surface area contributed by atoms with E-state index >= 15 is 0 Å². The van der Waals surface area contributed by atoms with Gasteiger partial charge in [-0.25, -0.2) is 4.79 Å². The fourth-order valence-electron chi connectivity index (χ4n) is 1.52. The molecule has 0 atom stereocenters. The van der Waals surface area contributed by atoms with Gasteiger partial charge in [0.15, 0.2) is 0 Å². The summed E-state index contributed by atoms with van der Waals surface area (Å²) < 4.78 is 0. The minimum Gasteiger partial charge on any atom is -0.481 e. The number of aliphatic carboxylic acids is 1. The number of hydrogen-bond donors (Lipinski definition) is 2. The molecule has 0 saturated carbocycles. The summed E-state index contributed by atoms with van der Waals surface area (Å²) in [6.45, 7) is 3.72. The van der Waals surface area contributed by atoms with Gasteiger partial charge in [0, 0.05) is 6.42 Å². The Bertz CT molecular complexity index is 435. The fraction of sp³-hybridized carbons (Fsp3) is 0.333. The summed E-state index contributed by atoms with van der Waals surface area (Å²) >= 11 is 0. The highest BCUT2D eigenvalue weighted by Gasteiger charge is 2.12. The molecule has 1 aromatic rings. The van der Waals surface area contributed by atoms with Gasteiger partial charge in [-0.2, -0.15) is 0 Å². The van der Waals surface area contributed by atoms with E-state index in [-0.39, 0.29) is 18.4 Å². The predicted molar refractivity (Wildman–Crippen MR) is 58.8 cm³/mol. The van der Waals surface area contributed by atoms with Gasteiger partial charge in [-0.15, -0.1) is 0 Å². The van der Waals surface area contributed by atoms with Crippen LogP contribution < -0.4 is 0 Å². The molecule has 0 bridgehead atoms. The maximum atomic E-state index is 11.0. The normalized spacial score (nSPS) is 10.1. The summed E-state index contributed by atoms with van der Waals surface area (Å²) in [6.07, 6.45) is 0.195. The number of aryl methyl sites for hydroxylation is 3. The molecule has 1 aromatic carbocycles. The first-order valence-electron chi connectivity index (χ1n) is 4.97. The first-order chi connectivity index (χ1) is 7.41. The monoisotopic (exact) mass is 222 g/mol. The molecular formula is C12H14O4. The molecule has 4 nitrogen and oxygen atoms in total. The molecule has 0 aromatic heterocycles. The van der Waals surface area contributed by atoms with Crippen molar-refractivity contribution in [2.75, 3.05) is 0 Å². The van der Waals surface area contributed by atoms with Gasteiger partial charge in [0.1, 0.15) is 0 Å². The molecule has 16 heavy (non-hydrogen) atoms. The van der Waals surface area contributed by atoms with E-state index in [4.69, 9.17) is 10.2 Å². The van der Waals surface area contributed by atoms with Crippen LogP contribution in [0.2, 0.25) is 0 Å². The maximum absolute atomic E-state index is 11.0. The van der Waals surface area contributed by atoms with Gasteiger partial charge in [0.05, 0.1) is 5.56 Å². The minimum atomic E-state index is -1.01. The SMILES string of the molecule is Cc1cc(CCC(=O)O)c(C(=O)O)cc1C. The smallest absolute Gasteiger partial charge is 0.335 e. The lowest BCUT2D eigenvalue weighted by atomic mass is 9.97. The summed E-state index contributed by atoms with van der Waals surface area (Å²) in [5.41, 5.74) is 2.66. The standard InChI is InChI=1S/C12H14O4/c1-7-5-9(3-4-11(13)14)10(12(15)16)6-8(7)2/h5-6H,3-4H2,1-2H3,(H,13,14)(H,15,16). The molecule has 0 fully saturated rings. The molecular weight excluding hydrogens is 208 g/mol. The first kappa shape index (κ1) is 12.2. The zero-order valence-electron chi connectivity index (χ0n) is 9.28. The molecule has 0 amide bonds. The van der Waals surface area contributed by atoms with E-state index in [9.17, 15) is 9.59 Å². The van der Waals surface area contributed by atoms with E-state index in [2.05, 4.69) is 0 Å². The fourth-order valence-corrected chi connectivity index (χ4v) is 1.52. The minimum absolute atomic E-state index is 0.0528. The Labute approximate surface area is 93.5 Å². The van der Waals surface area contributed by atoms with Gasteiger partial charge in [0.25, 0.3) is 0 Å². The molecule has 0 aliphatic heterocycles. The average Bonchev–Trinajstić information content (AvgIpc) is 2.18. The quantitative estimate of drug-likeness (QED) is 0.817. The average molecular weight is 222 g/mol. The highest BCUT2D eigenvalue weighted by atomic mass is 16.4. The second-order valence-electron chi connectivity index (χ2n) is 3.79. The van der Waals surface area contributed by atoms with Crippen LogP contribution in [0.25, 0.3) is 0 Å². The summed E-state index contributed by atoms with van der Waals surface area (Å²) in [7, 11) is 0. The number of carboxylic acids is 2. The highest BCUT2D eigenvalue weighted by molar-refractivity contribution is 5.90. The lowest BCUT2D eigenvalue weighted by Crippen LogP contribution is -2.06. The van der Waals surface area contributed by atoms with Gasteiger partial charge in [0.2, 0.25) is 0 Å². The number of carbonyl (C=O) groups is 2. The molecule has 2 N–H and O–H groups in total. The van der Waals surface area contributed by atoms with Crippen molar-refractivity contribution in [1.29, 1.82) is 0 Å². The van der Waals surface area contributed by atoms with Crippen LogP contribution >= 0.6 is 0 Å². The molecule has 0 unspecified atom stereocenters. The van der Waals surface area contributed by atoms with Gasteiger partial charge >= 0.3 is 11.9 Å². The lowest BCUT2D eigenvalue weighted by molar-refractivity contribution is -0.136. The van der Waals surface area contributed by atoms with Crippen molar-refractivity contribution in [1.82, 2.24) is 0 Å². The van der Waals surface area contributed by atoms with Crippen LogP contribution in [0.4, 0.5) is 0 Å². The van der Waals surface area contributed by atoms with Crippen LogP contribution in [-0.2, 0) is 11.2 Å². The zero-order valence-corrected chi connectivity index (χ0v) is 9.28. The second kappa shape index (κ2) is 4.79. The Hall–Kier alpha value is -1.84. The lowest BCUT2D eigenvalue weighted by Gasteiger charge is -2.08. The molecule has 86 valence electrons. The van der Waals surface area contributed by atoms with Crippen molar-refractivity contribution in [3.8, 4) is 0 Å². The Morgan fingerprint density at radius 3 is 2.19 bits per heavy atom. The van der Waals surface area contributed by atoms with E-state index in [0.717, 1.165) is 11.1 Å². The van der Waals surface area contributed by atoms with Crippen molar-refractivity contribution in [3.05, 3.63) is 34.4 Å². The topological polar surface area (TPSA) is 74.6 Å². The zero-order chi connectivity index (χ0) is 12.3. The summed E-state index contributed by atoms with van der Waals surface area (Å²) in [4.78, 5) is 21.4. The van der Waals surface area contributed by atoms with Gasteiger partial charge < -0.3 is 10.2 Å². The second-order valence-corrected chi connectivity index (χ2v) is 3.79. The van der Waals surface area contributed by atoms with Crippen LogP contribution in [0, 0.1) is 13.8 Å². The Kier molecular flexibility index (Phi) is 3.66. The molecule has 0 aliphatic rings. The van der Waals surface area contributed by atoms with E-state index in [1.165, 1.54) is 0 Å². The maximum Gasteiger partial charge on any atom is 0.335 e. The molecule has 0 radical (unpaired) electrons. The third-order valence-corrected chi connectivity index (χ3v) is 2.56. The van der Waals surface area contributed by atoms with Gasteiger partial charge in [-0.3, -0.25) is 4.79 Å². The number of rotatable bonds is 4. The van der Waals surface area contributed by atoms with E-state index in [1.807, 2.05) is 13.8 Å². The predicted octanol–water partition coefficient (Wildman–Crippen LogP) is 2.02. The molecule has 4 heteroatoms. The van der Waals surface area contributed by atoms with Crippen molar-refractivity contribution in [2.24, 2.45) is 0 Å². The van der Waals surface area contributed by atoms with Crippen molar-refractivity contribution in [2.45, 2.75) is 26.7 Å². The van der Waals surface area contributed by atoms with Gasteiger partial charge in [-0.05, 0) is 43.0 Å². The van der Waals surface area contributed by atoms with Crippen LogP contribution in [-0.4, -0.2) is 22.2 Å². The summed E-state index contributed by atoms with van der Waals surface area (Å²) in [5, 5.41) is 17.6. The first-order valence-corrected chi connectivity index (χ1v) is 4.97. The van der Waals surface area contributed by atoms with Crippen LogP contribution in [0.5, 0.6) is 0 Å². The Balaban J connectivity index is 3.09. The summed E-state index contributed by atoms with van der Waals surface area (Å²) in [5.74, 6) is -1.93. The molecule has 0 saturated heterocycles. The Morgan fingerprint density at radius 1 is 1.12 bits per heavy atom. The number of aromatic carboxylic acids is 1. The molecule has 0 heterocycles. The third kappa shape index (κ3) is 2.82. The Morgan fingerprint density at radius 2 is 1.69 bits per heavy atom. The van der Waals surface area contributed by atoms with E-state index < -0.39 is 11.9 Å². The molecule has 1 rings (SSSR count). The van der Waals surface area contributed by atoms with Gasteiger partial charge in [-0.1, -0.05) is 6.07 Å². The van der Waals surface area contributed by atoms with Crippen LogP contribution in [0.3, 0.4) is 0 Å². The van der Waals surface area contributed by atoms with Crippen molar-refractivity contribution >= 4 is 11.9 Å². The third-order valence-electron chi connectivity index (χ3n) is 2.56. The van der Waals surface area contributed by atoms with Crippen molar-refractivity contribution in [3.63, 3.8) is 0 Å². The van der Waals surface area contributed by atoms with Crippen LogP contribution in [0.15, 0.2) is 12.1 Å². The number of benzene rings is 1. The molecule has 0 spiro atoms. The van der Waals surface area contributed by atoms with E-state index in [0.29, 0.717) is 5.56 Å². The van der Waals surface area contributed by atoms with Crippen LogP contribution in [0.1, 0.15) is 33.5 Å². The van der Waals surface area contributed by atoms with E-state index in [1.54, 1.807) is 12.1 Å². The summed E-state index contributed by atoms with van der Waals surface area (Å²) in [6, 6.07) is 3.34. The number of carboxylic acid groups (broad SMARTS) is 2. The molecule has 0 aliphatic carbocycles.